The number of pyridine rings is 1. The summed E-state index contributed by atoms with van der Waals surface area (Å²) >= 11 is 0. The van der Waals surface area contributed by atoms with Crippen LogP contribution in [0.25, 0.3) is 10.9 Å². The normalized spacial score (nSPS) is 27.8. The van der Waals surface area contributed by atoms with Gasteiger partial charge in [-0.15, -0.1) is 0 Å². The molecule has 1 heterocycles. The molecule has 0 atom stereocenters. The van der Waals surface area contributed by atoms with E-state index < -0.39 is 0 Å². The van der Waals surface area contributed by atoms with Gasteiger partial charge >= 0.3 is 0 Å². The zero-order valence-electron chi connectivity index (χ0n) is 18.8. The van der Waals surface area contributed by atoms with E-state index in [1.807, 2.05) is 31.2 Å². The Morgan fingerprint density at radius 1 is 1.16 bits per heavy atom. The maximum Gasteiger partial charge on any atom is 0.226 e. The molecule has 1 amide bonds. The maximum absolute atomic E-state index is 13.1. The molecule has 6 heteroatoms. The molecule has 4 saturated carbocycles. The Hall–Kier alpha value is -2.81. The van der Waals surface area contributed by atoms with Crippen LogP contribution in [-0.4, -0.2) is 30.6 Å². The average Bonchev–Trinajstić information content (AvgIpc) is 2.77. The largest absolute Gasteiger partial charge is 0.494 e. The molecule has 0 unspecified atom stereocenters. The Bertz CT molecular complexity index is 1020. The van der Waals surface area contributed by atoms with Gasteiger partial charge in [-0.1, -0.05) is 0 Å². The van der Waals surface area contributed by atoms with Crippen LogP contribution < -0.4 is 15.4 Å². The van der Waals surface area contributed by atoms with Gasteiger partial charge in [0.1, 0.15) is 17.6 Å². The smallest absolute Gasteiger partial charge is 0.226 e. The van der Waals surface area contributed by atoms with Crippen LogP contribution in [0.4, 0.5) is 5.82 Å². The third-order valence-electron chi connectivity index (χ3n) is 7.67. The third-order valence-corrected chi connectivity index (χ3v) is 7.67. The van der Waals surface area contributed by atoms with Gasteiger partial charge in [-0.2, -0.15) is 5.26 Å². The van der Waals surface area contributed by atoms with Crippen LogP contribution in [0, 0.1) is 34.5 Å². The second-order valence-electron chi connectivity index (χ2n) is 10.0. The van der Waals surface area contributed by atoms with E-state index in [4.69, 9.17) is 4.74 Å². The van der Waals surface area contributed by atoms with E-state index in [2.05, 4.69) is 21.7 Å². The number of nitriles is 1. The molecule has 4 bridgehead atoms. The minimum atomic E-state index is -0.0869. The Kier molecular flexibility index (Phi) is 5.67. The Balaban J connectivity index is 1.15. The first-order valence-electron chi connectivity index (χ1n) is 12.1. The van der Waals surface area contributed by atoms with Crippen molar-refractivity contribution >= 4 is 22.6 Å². The summed E-state index contributed by atoms with van der Waals surface area (Å²) in [6, 6.07) is 9.81. The Labute approximate surface area is 189 Å². The molecule has 1 aromatic heterocycles. The summed E-state index contributed by atoms with van der Waals surface area (Å²) in [4.78, 5) is 17.7. The molecule has 0 spiro atoms. The summed E-state index contributed by atoms with van der Waals surface area (Å²) in [5.41, 5.74) is 1.25. The predicted molar refractivity (Wildman–Crippen MR) is 124 cm³/mol. The number of hydrogen-bond donors (Lipinski definition) is 2. The second-order valence-corrected chi connectivity index (χ2v) is 10.0. The quantitative estimate of drug-likeness (QED) is 0.594. The van der Waals surface area contributed by atoms with Gasteiger partial charge < -0.3 is 15.4 Å². The highest BCUT2D eigenvalue weighted by molar-refractivity contribution is 5.84. The van der Waals surface area contributed by atoms with Gasteiger partial charge in [-0.3, -0.25) is 4.79 Å². The zero-order valence-corrected chi connectivity index (χ0v) is 18.8. The standard InChI is InChI=1S/C26H32N4O2/c1-2-32-22-4-5-23-20(12-22)11-21(16-27)24(30-23)28-6-3-7-29-25(31)26-13-17-8-18(14-26)10-19(9-17)15-26/h4-5,11-12,17-19H,2-3,6-10,13-15H2,1H3,(H,28,30)(H,29,31). The lowest BCUT2D eigenvalue weighted by molar-refractivity contribution is -0.146. The molecule has 0 aliphatic heterocycles. The monoisotopic (exact) mass is 432 g/mol. The molecule has 2 N–H and O–H groups in total. The molecular weight excluding hydrogens is 400 g/mol. The fourth-order valence-corrected chi connectivity index (χ4v) is 6.70. The topological polar surface area (TPSA) is 87.0 Å². The molecule has 6 rings (SSSR count). The molecular formula is C26H32N4O2. The second kappa shape index (κ2) is 8.61. The number of aromatic nitrogens is 1. The lowest BCUT2D eigenvalue weighted by atomic mass is 9.49. The molecule has 0 radical (unpaired) electrons. The van der Waals surface area contributed by atoms with Crippen LogP contribution in [-0.2, 0) is 4.79 Å². The number of rotatable bonds is 8. The van der Waals surface area contributed by atoms with Crippen LogP contribution in [0.2, 0.25) is 0 Å². The highest BCUT2D eigenvalue weighted by atomic mass is 16.5. The summed E-state index contributed by atoms with van der Waals surface area (Å²) in [6.07, 6.45) is 8.14. The number of amides is 1. The lowest BCUT2D eigenvalue weighted by Gasteiger charge is -2.55. The van der Waals surface area contributed by atoms with Gasteiger partial charge in [0.05, 0.1) is 17.7 Å². The number of fused-ring (bicyclic) bond motifs is 1. The van der Waals surface area contributed by atoms with Crippen molar-refractivity contribution in [1.82, 2.24) is 10.3 Å². The van der Waals surface area contributed by atoms with Crippen molar-refractivity contribution in [3.63, 3.8) is 0 Å². The van der Waals surface area contributed by atoms with Gasteiger partial charge in [-0.25, -0.2) is 4.98 Å². The van der Waals surface area contributed by atoms with Gasteiger partial charge in [0, 0.05) is 23.9 Å². The van der Waals surface area contributed by atoms with Crippen LogP contribution >= 0.6 is 0 Å². The van der Waals surface area contributed by atoms with E-state index in [1.54, 1.807) is 0 Å². The van der Waals surface area contributed by atoms with Crippen molar-refractivity contribution in [1.29, 1.82) is 5.26 Å². The van der Waals surface area contributed by atoms with Gasteiger partial charge in [-0.05, 0) is 93.9 Å². The number of anilines is 1. The van der Waals surface area contributed by atoms with E-state index in [-0.39, 0.29) is 11.3 Å². The van der Waals surface area contributed by atoms with Crippen LogP contribution in [0.15, 0.2) is 24.3 Å². The van der Waals surface area contributed by atoms with Crippen LogP contribution in [0.5, 0.6) is 5.75 Å². The van der Waals surface area contributed by atoms with Gasteiger partial charge in [0.15, 0.2) is 0 Å². The number of carbonyl (C=O) groups excluding carboxylic acids is 1. The highest BCUT2D eigenvalue weighted by Gasteiger charge is 2.54. The molecule has 1 aromatic carbocycles. The first-order chi connectivity index (χ1) is 15.6. The van der Waals surface area contributed by atoms with E-state index in [9.17, 15) is 10.1 Å². The molecule has 32 heavy (non-hydrogen) atoms. The summed E-state index contributed by atoms with van der Waals surface area (Å²) in [7, 11) is 0. The van der Waals surface area contributed by atoms with Gasteiger partial charge in [0.25, 0.3) is 0 Å². The number of nitrogens with one attached hydrogen (secondary N) is 2. The fourth-order valence-electron chi connectivity index (χ4n) is 6.70. The number of ether oxygens (including phenoxy) is 1. The number of nitrogens with zero attached hydrogens (tertiary/aromatic N) is 2. The van der Waals surface area contributed by atoms with Crippen LogP contribution in [0.1, 0.15) is 57.4 Å². The number of hydrogen-bond acceptors (Lipinski definition) is 5. The first-order valence-corrected chi connectivity index (χ1v) is 12.1. The summed E-state index contributed by atoms with van der Waals surface area (Å²) in [6.45, 7) is 3.86. The summed E-state index contributed by atoms with van der Waals surface area (Å²) in [5, 5.41) is 17.0. The fraction of sp³-hybridized carbons (Fsp3) is 0.577. The summed E-state index contributed by atoms with van der Waals surface area (Å²) < 4.78 is 5.54. The Morgan fingerprint density at radius 3 is 2.53 bits per heavy atom. The summed E-state index contributed by atoms with van der Waals surface area (Å²) in [5.74, 6) is 3.99. The molecule has 0 saturated heterocycles. The van der Waals surface area contributed by atoms with E-state index >= 15 is 0 Å². The number of carbonyl (C=O) groups is 1. The van der Waals surface area contributed by atoms with Crippen molar-refractivity contribution in [3.8, 4) is 11.8 Å². The molecule has 4 fully saturated rings. The van der Waals surface area contributed by atoms with E-state index in [1.165, 1.54) is 19.3 Å². The average molecular weight is 433 g/mol. The predicted octanol–water partition coefficient (Wildman–Crippen LogP) is 4.64. The minimum Gasteiger partial charge on any atom is -0.494 e. The van der Waals surface area contributed by atoms with E-state index in [0.29, 0.717) is 31.1 Å². The van der Waals surface area contributed by atoms with Crippen molar-refractivity contribution in [2.45, 2.75) is 51.9 Å². The molecule has 2 aromatic rings. The Morgan fingerprint density at radius 2 is 1.88 bits per heavy atom. The molecule has 4 aliphatic carbocycles. The third kappa shape index (κ3) is 4.01. The van der Waals surface area contributed by atoms with Crippen molar-refractivity contribution in [2.75, 3.05) is 25.0 Å². The van der Waals surface area contributed by atoms with Crippen molar-refractivity contribution in [2.24, 2.45) is 23.2 Å². The van der Waals surface area contributed by atoms with Crippen molar-refractivity contribution in [3.05, 3.63) is 29.8 Å². The maximum atomic E-state index is 13.1. The van der Waals surface area contributed by atoms with Crippen LogP contribution in [0.3, 0.4) is 0 Å². The first kappa shape index (κ1) is 21.1. The van der Waals surface area contributed by atoms with E-state index in [0.717, 1.165) is 60.1 Å². The minimum absolute atomic E-state index is 0.0869. The van der Waals surface area contributed by atoms with Crippen molar-refractivity contribution < 1.29 is 9.53 Å². The SMILES string of the molecule is CCOc1ccc2nc(NCCCNC(=O)C34CC5CC(CC(C5)C3)C4)c(C#N)cc2c1. The lowest BCUT2D eigenvalue weighted by Crippen LogP contribution is -2.53. The molecule has 4 aliphatic rings. The molecule has 6 nitrogen and oxygen atoms in total. The van der Waals surface area contributed by atoms with Gasteiger partial charge in [0.2, 0.25) is 5.91 Å². The zero-order chi connectivity index (χ0) is 22.1. The highest BCUT2D eigenvalue weighted by Crippen LogP contribution is 2.60. The number of benzene rings is 1. The molecule has 168 valence electrons.